The molecule has 1 heterocycles. The van der Waals surface area contributed by atoms with Gasteiger partial charge in [-0.05, 0) is 57.2 Å². The number of hydrogen-bond acceptors (Lipinski definition) is 6. The van der Waals surface area contributed by atoms with E-state index in [0.29, 0.717) is 0 Å². The fourth-order valence-corrected chi connectivity index (χ4v) is 3.79. The summed E-state index contributed by atoms with van der Waals surface area (Å²) in [6.07, 6.45) is 1.65. The molecule has 0 spiro atoms. The van der Waals surface area contributed by atoms with Crippen LogP contribution in [0.5, 0.6) is 0 Å². The average molecular weight is 421 g/mol. The summed E-state index contributed by atoms with van der Waals surface area (Å²) in [4.78, 5) is 35.8. The normalized spacial score (nSPS) is 11.7. The van der Waals surface area contributed by atoms with Crippen molar-refractivity contribution in [1.29, 1.82) is 0 Å². The Balaban J connectivity index is 1.93. The van der Waals surface area contributed by atoms with E-state index in [4.69, 9.17) is 4.74 Å². The van der Waals surface area contributed by atoms with E-state index in [2.05, 4.69) is 10.0 Å². The number of benzene rings is 1. The maximum Gasteiger partial charge on any atom is 0.338 e. The average Bonchev–Trinajstić information content (AvgIpc) is 3.04. The molecule has 0 radical (unpaired) electrons. The van der Waals surface area contributed by atoms with Crippen molar-refractivity contribution in [3.8, 4) is 0 Å². The van der Waals surface area contributed by atoms with E-state index in [1.807, 2.05) is 0 Å². The van der Waals surface area contributed by atoms with Gasteiger partial charge in [0, 0.05) is 18.8 Å². The van der Waals surface area contributed by atoms with Crippen LogP contribution in [0.1, 0.15) is 41.6 Å². The van der Waals surface area contributed by atoms with E-state index in [9.17, 15) is 22.8 Å². The Kier molecular flexibility index (Phi) is 6.60. The molecule has 0 unspecified atom stereocenters. The van der Waals surface area contributed by atoms with Crippen LogP contribution < -0.4 is 10.0 Å². The van der Waals surface area contributed by atoms with Crippen molar-refractivity contribution < 1.29 is 27.5 Å². The van der Waals surface area contributed by atoms with Crippen molar-refractivity contribution in [1.82, 2.24) is 14.6 Å². The number of aromatic nitrogens is 1. The predicted octanol–water partition coefficient (Wildman–Crippen LogP) is 1.22. The summed E-state index contributed by atoms with van der Waals surface area (Å²) >= 11 is 0. The Morgan fingerprint density at radius 1 is 1.07 bits per heavy atom. The molecule has 0 atom stereocenters. The summed E-state index contributed by atoms with van der Waals surface area (Å²) in [5.74, 6) is -2.21. The Hall–Kier alpha value is -2.98. The van der Waals surface area contributed by atoms with E-state index in [1.54, 1.807) is 50.7 Å². The lowest BCUT2D eigenvalue weighted by Crippen LogP contribution is -2.40. The third-order valence-electron chi connectivity index (χ3n) is 3.60. The Morgan fingerprint density at radius 2 is 1.69 bits per heavy atom. The van der Waals surface area contributed by atoms with E-state index in [0.717, 1.165) is 0 Å². The van der Waals surface area contributed by atoms with E-state index in [-0.39, 0.29) is 16.2 Å². The lowest BCUT2D eigenvalue weighted by molar-refractivity contribution is -0.123. The first-order valence-electron chi connectivity index (χ1n) is 8.66. The molecule has 2 rings (SSSR count). The van der Waals surface area contributed by atoms with Crippen molar-refractivity contribution in [3.63, 3.8) is 0 Å². The number of amides is 2. The molecule has 0 fully saturated rings. The monoisotopic (exact) mass is 421 g/mol. The number of sulfonamides is 1. The maximum absolute atomic E-state index is 12.3. The maximum atomic E-state index is 12.3. The molecule has 0 aliphatic carbocycles. The molecule has 0 saturated heterocycles. The van der Waals surface area contributed by atoms with E-state index >= 15 is 0 Å². The van der Waals surface area contributed by atoms with Gasteiger partial charge in [-0.1, -0.05) is 0 Å². The number of carbonyl (C=O) groups excluding carboxylic acids is 3. The molecular formula is C19H23N3O6S. The number of ether oxygens (including phenoxy) is 1. The fraction of sp³-hybridized carbons (Fsp3) is 0.316. The molecule has 10 heteroatoms. The minimum absolute atomic E-state index is 0.00474. The Labute approximate surface area is 169 Å². The first-order chi connectivity index (χ1) is 13.4. The minimum Gasteiger partial charge on any atom is -0.452 e. The highest BCUT2D eigenvalue weighted by Gasteiger charge is 2.22. The topological polar surface area (TPSA) is 124 Å². The van der Waals surface area contributed by atoms with Crippen LogP contribution in [0.4, 0.5) is 0 Å². The van der Waals surface area contributed by atoms with Crippen molar-refractivity contribution in [2.45, 2.75) is 31.2 Å². The molecule has 29 heavy (non-hydrogen) atoms. The first-order valence-corrected chi connectivity index (χ1v) is 10.1. The SMILES string of the molecule is Cn1cccc1C(=O)NC(=O)COC(=O)c1ccc(S(=O)(=O)NC(C)(C)C)cc1. The number of esters is 1. The standard InChI is InChI=1S/C19H23N3O6S/c1-19(2,3)21-29(26,27)14-9-7-13(8-10-14)18(25)28-12-16(23)20-17(24)15-6-5-11-22(15)4/h5-11,21H,12H2,1-4H3,(H,20,23,24). The molecule has 156 valence electrons. The zero-order valence-electron chi connectivity index (χ0n) is 16.6. The Bertz CT molecular complexity index is 1020. The number of aryl methyl sites for hydroxylation is 1. The van der Waals surface area contributed by atoms with Gasteiger partial charge in [-0.25, -0.2) is 17.9 Å². The molecular weight excluding hydrogens is 398 g/mol. The highest BCUT2D eigenvalue weighted by molar-refractivity contribution is 7.89. The van der Waals surface area contributed by atoms with Crippen molar-refractivity contribution >= 4 is 27.8 Å². The fourth-order valence-electron chi connectivity index (χ4n) is 2.37. The van der Waals surface area contributed by atoms with Crippen molar-refractivity contribution in [2.24, 2.45) is 7.05 Å². The smallest absolute Gasteiger partial charge is 0.338 e. The van der Waals surface area contributed by atoms with Crippen LogP contribution in [-0.2, 0) is 26.6 Å². The summed E-state index contributed by atoms with van der Waals surface area (Å²) in [5, 5.41) is 2.12. The minimum atomic E-state index is -3.73. The number of rotatable bonds is 6. The van der Waals surface area contributed by atoms with Gasteiger partial charge in [-0.2, -0.15) is 0 Å². The van der Waals surface area contributed by atoms with Gasteiger partial charge in [0.1, 0.15) is 5.69 Å². The largest absolute Gasteiger partial charge is 0.452 e. The van der Waals surface area contributed by atoms with Crippen molar-refractivity contribution in [2.75, 3.05) is 6.61 Å². The number of nitrogens with zero attached hydrogens (tertiary/aromatic N) is 1. The summed E-state index contributed by atoms with van der Waals surface area (Å²) in [6.45, 7) is 4.48. The lowest BCUT2D eigenvalue weighted by atomic mass is 10.1. The Morgan fingerprint density at radius 3 is 2.21 bits per heavy atom. The first kappa shape index (κ1) is 22.3. The summed E-state index contributed by atoms with van der Waals surface area (Å²) in [7, 11) is -2.08. The van der Waals surface area contributed by atoms with Crippen LogP contribution in [0.25, 0.3) is 0 Å². The third-order valence-corrected chi connectivity index (χ3v) is 5.38. The summed E-state index contributed by atoms with van der Waals surface area (Å²) < 4.78 is 33.4. The number of nitrogens with one attached hydrogen (secondary N) is 2. The molecule has 2 amide bonds. The summed E-state index contributed by atoms with van der Waals surface area (Å²) in [5.41, 5.74) is -0.299. The highest BCUT2D eigenvalue weighted by Crippen LogP contribution is 2.14. The van der Waals surface area contributed by atoms with Gasteiger partial charge in [0.15, 0.2) is 6.61 Å². The molecule has 1 aromatic heterocycles. The van der Waals surface area contributed by atoms with E-state index in [1.165, 1.54) is 24.3 Å². The number of carbonyl (C=O) groups is 3. The second-order valence-electron chi connectivity index (χ2n) is 7.34. The van der Waals surface area contributed by atoms with Crippen LogP contribution in [0.2, 0.25) is 0 Å². The number of imide groups is 1. The lowest BCUT2D eigenvalue weighted by Gasteiger charge is -2.20. The predicted molar refractivity (Wildman–Crippen MR) is 105 cm³/mol. The molecule has 2 aromatic rings. The van der Waals surface area contributed by atoms with Gasteiger partial charge in [0.25, 0.3) is 11.8 Å². The van der Waals surface area contributed by atoms with Gasteiger partial charge >= 0.3 is 5.97 Å². The van der Waals surface area contributed by atoms with Crippen LogP contribution in [0, 0.1) is 0 Å². The molecule has 0 aliphatic heterocycles. The molecule has 1 aromatic carbocycles. The zero-order valence-corrected chi connectivity index (χ0v) is 17.4. The van der Waals surface area contributed by atoms with Crippen LogP contribution in [0.15, 0.2) is 47.5 Å². The van der Waals surface area contributed by atoms with E-state index < -0.39 is 40.0 Å². The van der Waals surface area contributed by atoms with Gasteiger partial charge in [0.05, 0.1) is 10.5 Å². The quantitative estimate of drug-likeness (QED) is 0.676. The van der Waals surface area contributed by atoms with Gasteiger partial charge in [-0.15, -0.1) is 0 Å². The molecule has 0 bridgehead atoms. The number of hydrogen-bond donors (Lipinski definition) is 2. The van der Waals surface area contributed by atoms with Crippen LogP contribution in [0.3, 0.4) is 0 Å². The van der Waals surface area contributed by atoms with Gasteiger partial charge in [0.2, 0.25) is 10.0 Å². The second-order valence-corrected chi connectivity index (χ2v) is 9.02. The molecule has 0 saturated carbocycles. The van der Waals surface area contributed by atoms with Gasteiger partial charge < -0.3 is 9.30 Å². The van der Waals surface area contributed by atoms with Crippen LogP contribution >= 0.6 is 0 Å². The van der Waals surface area contributed by atoms with Crippen molar-refractivity contribution in [3.05, 3.63) is 53.9 Å². The van der Waals surface area contributed by atoms with Crippen LogP contribution in [-0.4, -0.2) is 42.9 Å². The molecule has 0 aliphatic rings. The third kappa shape index (κ3) is 6.26. The molecule has 9 nitrogen and oxygen atoms in total. The highest BCUT2D eigenvalue weighted by atomic mass is 32.2. The second kappa shape index (κ2) is 8.58. The molecule has 2 N–H and O–H groups in total. The van der Waals surface area contributed by atoms with Gasteiger partial charge in [-0.3, -0.25) is 14.9 Å². The summed E-state index contributed by atoms with van der Waals surface area (Å²) in [6, 6.07) is 8.30. The zero-order chi connectivity index (χ0) is 21.8.